The van der Waals surface area contributed by atoms with Gasteiger partial charge in [0.25, 0.3) is 0 Å². The fourth-order valence-corrected chi connectivity index (χ4v) is 3.31. The normalized spacial score (nSPS) is 15.6. The van der Waals surface area contributed by atoms with Gasteiger partial charge in [-0.2, -0.15) is 0 Å². The molecule has 8 nitrogen and oxygen atoms in total. The van der Waals surface area contributed by atoms with Gasteiger partial charge >= 0.3 is 5.97 Å². The number of amides is 1. The predicted octanol–water partition coefficient (Wildman–Crippen LogP) is 2.49. The molecular formula is C22H23NO7. The highest BCUT2D eigenvalue weighted by molar-refractivity contribution is 6.02. The van der Waals surface area contributed by atoms with Gasteiger partial charge in [0.05, 0.1) is 38.5 Å². The predicted molar refractivity (Wildman–Crippen MR) is 108 cm³/mol. The summed E-state index contributed by atoms with van der Waals surface area (Å²) in [6.07, 6.45) is 0.0108. The molecule has 0 radical (unpaired) electrons. The van der Waals surface area contributed by atoms with Gasteiger partial charge in [0.2, 0.25) is 11.7 Å². The molecule has 2 aromatic rings. The molecule has 1 aliphatic heterocycles. The van der Waals surface area contributed by atoms with Crippen LogP contribution in [0, 0.1) is 5.92 Å². The lowest BCUT2D eigenvalue weighted by Gasteiger charge is -2.19. The van der Waals surface area contributed by atoms with Crippen molar-refractivity contribution in [1.82, 2.24) is 0 Å². The molecule has 0 N–H and O–H groups in total. The lowest BCUT2D eigenvalue weighted by atomic mass is 10.1. The largest absolute Gasteiger partial charge is 0.497 e. The van der Waals surface area contributed by atoms with Gasteiger partial charge in [-0.1, -0.05) is 12.1 Å². The second-order valence-electron chi connectivity index (χ2n) is 6.67. The fraction of sp³-hybridized carbons (Fsp3) is 0.318. The Morgan fingerprint density at radius 3 is 2.43 bits per heavy atom. The van der Waals surface area contributed by atoms with Crippen LogP contribution in [-0.2, 0) is 14.3 Å². The molecule has 30 heavy (non-hydrogen) atoms. The maximum absolute atomic E-state index is 12.5. The second-order valence-corrected chi connectivity index (χ2v) is 6.67. The van der Waals surface area contributed by atoms with E-state index in [4.69, 9.17) is 18.9 Å². The minimum Gasteiger partial charge on any atom is -0.497 e. The zero-order valence-corrected chi connectivity index (χ0v) is 17.0. The summed E-state index contributed by atoms with van der Waals surface area (Å²) < 4.78 is 20.8. The van der Waals surface area contributed by atoms with E-state index >= 15 is 0 Å². The smallest absolute Gasteiger partial charge is 0.311 e. The van der Waals surface area contributed by atoms with Crippen LogP contribution in [0.3, 0.4) is 0 Å². The molecule has 1 aliphatic rings. The first-order valence-electron chi connectivity index (χ1n) is 9.33. The Labute approximate surface area is 174 Å². The van der Waals surface area contributed by atoms with Gasteiger partial charge in [0, 0.05) is 19.0 Å². The highest BCUT2D eigenvalue weighted by Gasteiger charge is 2.37. The van der Waals surface area contributed by atoms with Crippen LogP contribution < -0.4 is 19.1 Å². The standard InChI is InChI=1S/C22H23NO7/c1-27-15-8-9-16(20(11-15)29-3)18(24)13-30-22(26)14-10-21(25)23(12-14)17-6-4-5-7-19(17)28-2/h4-9,11,14H,10,12-13H2,1-3H3/t14-/m0/s1. The molecule has 1 heterocycles. The summed E-state index contributed by atoms with van der Waals surface area (Å²) in [4.78, 5) is 38.9. The number of benzene rings is 2. The monoisotopic (exact) mass is 413 g/mol. The molecular weight excluding hydrogens is 390 g/mol. The Hall–Kier alpha value is -3.55. The summed E-state index contributed by atoms with van der Waals surface area (Å²) in [5.41, 5.74) is 0.878. The van der Waals surface area contributed by atoms with Gasteiger partial charge in [-0.05, 0) is 24.3 Å². The Morgan fingerprint density at radius 2 is 1.73 bits per heavy atom. The molecule has 3 rings (SSSR count). The molecule has 0 aromatic heterocycles. The van der Waals surface area contributed by atoms with Gasteiger partial charge in [0.1, 0.15) is 17.2 Å². The van der Waals surface area contributed by atoms with Crippen molar-refractivity contribution in [1.29, 1.82) is 0 Å². The van der Waals surface area contributed by atoms with Crippen molar-refractivity contribution in [2.75, 3.05) is 39.4 Å². The van der Waals surface area contributed by atoms with Crippen LogP contribution in [-0.4, -0.2) is 52.1 Å². The highest BCUT2D eigenvalue weighted by atomic mass is 16.5. The third kappa shape index (κ3) is 4.37. The molecule has 1 saturated heterocycles. The lowest BCUT2D eigenvalue weighted by Crippen LogP contribution is -2.27. The molecule has 2 aromatic carbocycles. The van der Waals surface area contributed by atoms with Crippen LogP contribution in [0.25, 0.3) is 0 Å². The van der Waals surface area contributed by atoms with Crippen LogP contribution in [0.15, 0.2) is 42.5 Å². The Morgan fingerprint density at radius 1 is 1.00 bits per heavy atom. The van der Waals surface area contributed by atoms with Crippen LogP contribution in [0.4, 0.5) is 5.69 Å². The molecule has 1 atom stereocenters. The first kappa shape index (κ1) is 21.2. The summed E-state index contributed by atoms with van der Waals surface area (Å²) in [5.74, 6) is -0.454. The minimum absolute atomic E-state index is 0.0108. The van der Waals surface area contributed by atoms with E-state index in [-0.39, 0.29) is 24.4 Å². The van der Waals surface area contributed by atoms with Crippen LogP contribution in [0.2, 0.25) is 0 Å². The number of carbonyl (C=O) groups excluding carboxylic acids is 3. The molecule has 0 unspecified atom stereocenters. The number of rotatable bonds is 8. The zero-order chi connectivity index (χ0) is 21.7. The first-order valence-corrected chi connectivity index (χ1v) is 9.33. The molecule has 0 aliphatic carbocycles. The van der Waals surface area contributed by atoms with E-state index in [1.54, 1.807) is 42.5 Å². The summed E-state index contributed by atoms with van der Waals surface area (Å²) in [6.45, 7) is -0.279. The Kier molecular flexibility index (Phi) is 6.56. The van der Waals surface area contributed by atoms with Crippen molar-refractivity contribution in [3.63, 3.8) is 0 Å². The number of para-hydroxylation sites is 2. The van der Waals surface area contributed by atoms with Crippen LogP contribution >= 0.6 is 0 Å². The maximum Gasteiger partial charge on any atom is 0.311 e. The van der Waals surface area contributed by atoms with Crippen molar-refractivity contribution in [3.8, 4) is 17.2 Å². The molecule has 0 spiro atoms. The van der Waals surface area contributed by atoms with Crippen LogP contribution in [0.1, 0.15) is 16.8 Å². The molecule has 0 saturated carbocycles. The number of ketones is 1. The van der Waals surface area contributed by atoms with Crippen molar-refractivity contribution in [3.05, 3.63) is 48.0 Å². The number of hydrogen-bond acceptors (Lipinski definition) is 7. The van der Waals surface area contributed by atoms with Crippen molar-refractivity contribution in [2.45, 2.75) is 6.42 Å². The summed E-state index contributed by atoms with van der Waals surface area (Å²) in [6, 6.07) is 11.8. The van der Waals surface area contributed by atoms with Crippen LogP contribution in [0.5, 0.6) is 17.2 Å². The average molecular weight is 413 g/mol. The summed E-state index contributed by atoms with van der Waals surface area (Å²) in [5, 5.41) is 0. The van der Waals surface area contributed by atoms with E-state index in [9.17, 15) is 14.4 Å². The van der Waals surface area contributed by atoms with Gasteiger partial charge in [-0.3, -0.25) is 14.4 Å². The molecule has 1 amide bonds. The fourth-order valence-electron chi connectivity index (χ4n) is 3.31. The highest BCUT2D eigenvalue weighted by Crippen LogP contribution is 2.33. The number of hydrogen-bond donors (Lipinski definition) is 0. The van der Waals surface area contributed by atoms with E-state index in [0.717, 1.165) is 0 Å². The zero-order valence-electron chi connectivity index (χ0n) is 17.0. The SMILES string of the molecule is COc1ccc(C(=O)COC(=O)[C@H]2CC(=O)N(c3ccccc3OC)C2)c(OC)c1. The van der Waals surface area contributed by atoms with Crippen molar-refractivity contribution < 1.29 is 33.3 Å². The first-order chi connectivity index (χ1) is 14.5. The van der Waals surface area contributed by atoms with E-state index in [2.05, 4.69) is 0 Å². The number of esters is 1. The number of ether oxygens (including phenoxy) is 4. The third-order valence-electron chi connectivity index (χ3n) is 4.89. The second kappa shape index (κ2) is 9.30. The molecule has 8 heteroatoms. The van der Waals surface area contributed by atoms with Gasteiger partial charge in [0.15, 0.2) is 6.61 Å². The Balaban J connectivity index is 1.63. The Bertz CT molecular complexity index is 956. The average Bonchev–Trinajstić information content (AvgIpc) is 3.18. The summed E-state index contributed by atoms with van der Waals surface area (Å²) >= 11 is 0. The number of carbonyl (C=O) groups is 3. The number of Topliss-reactive ketones (excluding diaryl/α,β-unsaturated/α-hetero) is 1. The number of methoxy groups -OCH3 is 3. The molecule has 158 valence electrons. The minimum atomic E-state index is -0.659. The molecule has 1 fully saturated rings. The number of anilines is 1. The maximum atomic E-state index is 12.5. The summed E-state index contributed by atoms with van der Waals surface area (Å²) in [7, 11) is 4.47. The lowest BCUT2D eigenvalue weighted by molar-refractivity contribution is -0.147. The van der Waals surface area contributed by atoms with E-state index in [1.807, 2.05) is 0 Å². The topological polar surface area (TPSA) is 91.4 Å². The van der Waals surface area contributed by atoms with Gasteiger partial charge in [-0.25, -0.2) is 0 Å². The number of nitrogens with zero attached hydrogens (tertiary/aromatic N) is 1. The third-order valence-corrected chi connectivity index (χ3v) is 4.89. The van der Waals surface area contributed by atoms with Crippen molar-refractivity contribution >= 4 is 23.3 Å². The van der Waals surface area contributed by atoms with Gasteiger partial charge < -0.3 is 23.8 Å². The quantitative estimate of drug-likeness (QED) is 0.485. The van der Waals surface area contributed by atoms with E-state index in [0.29, 0.717) is 22.9 Å². The molecule has 0 bridgehead atoms. The van der Waals surface area contributed by atoms with Crippen molar-refractivity contribution in [2.24, 2.45) is 5.92 Å². The van der Waals surface area contributed by atoms with E-state index in [1.165, 1.54) is 26.2 Å². The van der Waals surface area contributed by atoms with Gasteiger partial charge in [-0.15, -0.1) is 0 Å². The van der Waals surface area contributed by atoms with E-state index < -0.39 is 24.3 Å².